The summed E-state index contributed by atoms with van der Waals surface area (Å²) in [6, 6.07) is 15.4. The van der Waals surface area contributed by atoms with Gasteiger partial charge in [0, 0.05) is 26.1 Å². The third kappa shape index (κ3) is 5.48. The summed E-state index contributed by atoms with van der Waals surface area (Å²) in [6.07, 6.45) is 0.0218. The van der Waals surface area contributed by atoms with E-state index in [0.717, 1.165) is 28.7 Å². The first-order chi connectivity index (χ1) is 16.9. The minimum absolute atomic E-state index is 0.0156. The van der Waals surface area contributed by atoms with E-state index in [-0.39, 0.29) is 37.3 Å². The molecule has 2 N–H and O–H groups in total. The van der Waals surface area contributed by atoms with Crippen LogP contribution >= 0.6 is 0 Å². The number of alkyl carbamates (subject to hydrolysis) is 1. The lowest BCUT2D eigenvalue weighted by molar-refractivity contribution is -0.154. The molecule has 1 saturated heterocycles. The predicted octanol–water partition coefficient (Wildman–Crippen LogP) is 3.64. The molecule has 0 saturated carbocycles. The molecule has 2 amide bonds. The number of hydrogen-bond acceptors (Lipinski definition) is 5. The Kier molecular flexibility index (Phi) is 7.70. The normalized spacial score (nSPS) is 20.0. The van der Waals surface area contributed by atoms with Crippen LogP contribution in [0.3, 0.4) is 0 Å². The topological polar surface area (TPSA) is 105 Å². The molecule has 8 nitrogen and oxygen atoms in total. The minimum Gasteiger partial charge on any atom is -0.480 e. The van der Waals surface area contributed by atoms with Gasteiger partial charge in [-0.25, -0.2) is 9.59 Å². The zero-order valence-corrected chi connectivity index (χ0v) is 20.1. The number of hydrogen-bond donors (Lipinski definition) is 2. The fraction of sp³-hybridized carbons (Fsp3) is 0.444. The quantitative estimate of drug-likeness (QED) is 0.598. The molecular formula is C27H32N2O6. The molecule has 0 radical (unpaired) electrons. The molecule has 2 aliphatic rings. The van der Waals surface area contributed by atoms with Gasteiger partial charge in [0.25, 0.3) is 0 Å². The summed E-state index contributed by atoms with van der Waals surface area (Å²) >= 11 is 0. The molecule has 8 heteroatoms. The van der Waals surface area contributed by atoms with Gasteiger partial charge in [-0.2, -0.15) is 0 Å². The highest BCUT2D eigenvalue weighted by Crippen LogP contribution is 2.44. The summed E-state index contributed by atoms with van der Waals surface area (Å²) < 4.78 is 10.9. The number of methoxy groups -OCH3 is 1. The van der Waals surface area contributed by atoms with E-state index >= 15 is 0 Å². The second-order valence-corrected chi connectivity index (χ2v) is 9.34. The SMILES string of the molecule is COC(CNC(=O)OCC1c2ccccc2-c2ccccc21)CC(=O)N1CCC(C)CC1C(=O)O. The lowest BCUT2D eigenvalue weighted by Gasteiger charge is -2.36. The zero-order chi connectivity index (χ0) is 24.9. The average Bonchev–Trinajstić information content (AvgIpc) is 3.18. The molecule has 4 rings (SSSR count). The van der Waals surface area contributed by atoms with Gasteiger partial charge < -0.3 is 24.8 Å². The first-order valence-electron chi connectivity index (χ1n) is 12.0. The van der Waals surface area contributed by atoms with Crippen LogP contribution in [0, 0.1) is 5.92 Å². The molecule has 1 aliphatic carbocycles. The number of carboxylic acid groups (broad SMARTS) is 1. The second kappa shape index (κ2) is 10.9. The van der Waals surface area contributed by atoms with Crippen molar-refractivity contribution in [1.29, 1.82) is 0 Å². The molecule has 35 heavy (non-hydrogen) atoms. The number of nitrogens with one attached hydrogen (secondary N) is 1. The Bertz CT molecular complexity index is 1040. The first-order valence-corrected chi connectivity index (χ1v) is 12.0. The van der Waals surface area contributed by atoms with Gasteiger partial charge in [-0.15, -0.1) is 0 Å². The van der Waals surface area contributed by atoms with Crippen LogP contribution in [0.25, 0.3) is 11.1 Å². The third-order valence-electron chi connectivity index (χ3n) is 7.02. The van der Waals surface area contributed by atoms with E-state index in [0.29, 0.717) is 13.0 Å². The van der Waals surface area contributed by atoms with Crippen molar-refractivity contribution in [1.82, 2.24) is 10.2 Å². The molecule has 0 aromatic heterocycles. The van der Waals surface area contributed by atoms with E-state index < -0.39 is 24.2 Å². The smallest absolute Gasteiger partial charge is 0.407 e. The van der Waals surface area contributed by atoms with Crippen LogP contribution in [0.4, 0.5) is 4.79 Å². The number of fused-ring (bicyclic) bond motifs is 3. The van der Waals surface area contributed by atoms with E-state index in [1.807, 2.05) is 31.2 Å². The largest absolute Gasteiger partial charge is 0.480 e. The van der Waals surface area contributed by atoms with E-state index in [2.05, 4.69) is 29.6 Å². The highest BCUT2D eigenvalue weighted by Gasteiger charge is 2.35. The Balaban J connectivity index is 1.30. The molecule has 0 spiro atoms. The summed E-state index contributed by atoms with van der Waals surface area (Å²) in [4.78, 5) is 38.3. The van der Waals surface area contributed by atoms with Crippen molar-refractivity contribution in [3.8, 4) is 11.1 Å². The summed E-state index contributed by atoms with van der Waals surface area (Å²) in [5, 5.41) is 12.2. The van der Waals surface area contributed by atoms with Crippen molar-refractivity contribution in [2.45, 2.75) is 44.2 Å². The first kappa shape index (κ1) is 24.7. The molecule has 1 fully saturated rings. The van der Waals surface area contributed by atoms with E-state index in [9.17, 15) is 19.5 Å². The fourth-order valence-corrected chi connectivity index (χ4v) is 5.07. The number of likely N-dealkylation sites (tertiary alicyclic amines) is 1. The third-order valence-corrected chi connectivity index (χ3v) is 7.02. The fourth-order valence-electron chi connectivity index (χ4n) is 5.07. The van der Waals surface area contributed by atoms with Gasteiger partial charge in [0.15, 0.2) is 0 Å². The Labute approximate surface area is 205 Å². The molecular weight excluding hydrogens is 448 g/mol. The van der Waals surface area contributed by atoms with Gasteiger partial charge in [0.1, 0.15) is 12.6 Å². The maximum Gasteiger partial charge on any atom is 0.407 e. The molecule has 2 aromatic carbocycles. The Morgan fingerprint density at radius 3 is 2.31 bits per heavy atom. The molecule has 0 bridgehead atoms. The van der Waals surface area contributed by atoms with Crippen LogP contribution in [-0.2, 0) is 19.1 Å². The monoisotopic (exact) mass is 480 g/mol. The second-order valence-electron chi connectivity index (χ2n) is 9.34. The van der Waals surface area contributed by atoms with Crippen molar-refractivity contribution >= 4 is 18.0 Å². The molecule has 1 aliphatic heterocycles. The standard InChI is InChI=1S/C27H32N2O6/c1-17-11-12-29(24(13-17)26(31)32)25(30)14-18(34-2)15-28-27(33)35-16-23-21-9-5-3-7-19(21)20-8-4-6-10-22(20)23/h3-10,17-18,23-24H,11-16H2,1-2H3,(H,28,33)(H,31,32). The highest BCUT2D eigenvalue weighted by molar-refractivity contribution is 5.84. The van der Waals surface area contributed by atoms with Crippen LogP contribution in [0.15, 0.2) is 48.5 Å². The van der Waals surface area contributed by atoms with Gasteiger partial charge >= 0.3 is 12.1 Å². The molecule has 3 unspecified atom stereocenters. The van der Waals surface area contributed by atoms with Gasteiger partial charge in [-0.1, -0.05) is 55.5 Å². The van der Waals surface area contributed by atoms with Crippen molar-refractivity contribution in [3.05, 3.63) is 59.7 Å². The summed E-state index contributed by atoms with van der Waals surface area (Å²) in [5.74, 6) is -1.06. The van der Waals surface area contributed by atoms with Crippen LogP contribution < -0.4 is 5.32 Å². The molecule has 186 valence electrons. The maximum absolute atomic E-state index is 12.8. The maximum atomic E-state index is 12.8. The molecule has 1 heterocycles. The average molecular weight is 481 g/mol. The zero-order valence-electron chi connectivity index (χ0n) is 20.1. The lowest BCUT2D eigenvalue weighted by Crippen LogP contribution is -2.51. The Morgan fingerprint density at radius 1 is 1.09 bits per heavy atom. The number of piperidine rings is 1. The van der Waals surface area contributed by atoms with Crippen LogP contribution in [-0.4, -0.2) is 66.9 Å². The van der Waals surface area contributed by atoms with Crippen molar-refractivity contribution < 1.29 is 29.0 Å². The Hall–Kier alpha value is -3.39. The number of aliphatic carboxylic acids is 1. The number of benzene rings is 2. The number of amides is 2. The van der Waals surface area contributed by atoms with E-state index in [4.69, 9.17) is 9.47 Å². The van der Waals surface area contributed by atoms with Gasteiger partial charge in [-0.3, -0.25) is 4.79 Å². The lowest BCUT2D eigenvalue weighted by atomic mass is 9.92. The van der Waals surface area contributed by atoms with Crippen molar-refractivity contribution in [3.63, 3.8) is 0 Å². The number of carboxylic acids is 1. The summed E-state index contributed by atoms with van der Waals surface area (Å²) in [7, 11) is 1.46. The van der Waals surface area contributed by atoms with Crippen molar-refractivity contribution in [2.24, 2.45) is 5.92 Å². The Morgan fingerprint density at radius 2 is 1.71 bits per heavy atom. The number of rotatable bonds is 8. The highest BCUT2D eigenvalue weighted by atomic mass is 16.5. The molecule has 3 atom stereocenters. The number of nitrogens with zero attached hydrogens (tertiary/aromatic N) is 1. The van der Waals surface area contributed by atoms with E-state index in [1.165, 1.54) is 12.0 Å². The van der Waals surface area contributed by atoms with Crippen molar-refractivity contribution in [2.75, 3.05) is 26.8 Å². The molecule has 2 aromatic rings. The van der Waals surface area contributed by atoms with Gasteiger partial charge in [-0.05, 0) is 41.0 Å². The van der Waals surface area contributed by atoms with Crippen LogP contribution in [0.2, 0.25) is 0 Å². The number of carbonyl (C=O) groups is 3. The summed E-state index contributed by atoms with van der Waals surface area (Å²) in [5.41, 5.74) is 4.57. The predicted molar refractivity (Wildman–Crippen MR) is 130 cm³/mol. The van der Waals surface area contributed by atoms with Gasteiger partial charge in [0.2, 0.25) is 5.91 Å². The van der Waals surface area contributed by atoms with Crippen LogP contribution in [0.5, 0.6) is 0 Å². The number of carbonyl (C=O) groups excluding carboxylic acids is 2. The summed E-state index contributed by atoms with van der Waals surface area (Å²) in [6.45, 7) is 2.69. The van der Waals surface area contributed by atoms with Gasteiger partial charge in [0.05, 0.1) is 12.5 Å². The van der Waals surface area contributed by atoms with E-state index in [1.54, 1.807) is 0 Å². The van der Waals surface area contributed by atoms with Crippen LogP contribution in [0.1, 0.15) is 43.2 Å². The minimum atomic E-state index is -0.990. The number of ether oxygens (including phenoxy) is 2.